The first-order valence-corrected chi connectivity index (χ1v) is 10.2. The number of benzene rings is 2. The summed E-state index contributed by atoms with van der Waals surface area (Å²) in [5.41, 5.74) is 3.11. The van der Waals surface area contributed by atoms with Gasteiger partial charge >= 0.3 is 0 Å². The monoisotopic (exact) mass is 389 g/mol. The van der Waals surface area contributed by atoms with Gasteiger partial charge in [0, 0.05) is 30.7 Å². The molecule has 29 heavy (non-hydrogen) atoms. The van der Waals surface area contributed by atoms with Crippen LogP contribution in [0.3, 0.4) is 0 Å². The molecule has 0 amide bonds. The van der Waals surface area contributed by atoms with Crippen molar-refractivity contribution in [3.63, 3.8) is 0 Å². The minimum Gasteiger partial charge on any atom is -0.489 e. The first-order chi connectivity index (χ1) is 14.2. The Hall–Kier alpha value is -3.28. The first kappa shape index (κ1) is 19.1. The lowest BCUT2D eigenvalue weighted by Gasteiger charge is -2.18. The number of hydrogen-bond donors (Lipinski definition) is 2. The van der Waals surface area contributed by atoms with Gasteiger partial charge in [-0.25, -0.2) is 4.98 Å². The molecule has 2 N–H and O–H groups in total. The number of aromatic nitrogens is 2. The fraction of sp³-hybridized carbons (Fsp3) is 0.304. The van der Waals surface area contributed by atoms with Crippen LogP contribution < -0.4 is 20.3 Å². The van der Waals surface area contributed by atoms with Crippen LogP contribution in [0.4, 0.5) is 28.8 Å². The maximum atomic E-state index is 5.87. The Labute approximate surface area is 172 Å². The average Bonchev–Trinajstić information content (AvgIpc) is 3.25. The quantitative estimate of drug-likeness (QED) is 0.568. The minimum absolute atomic E-state index is 0.101. The summed E-state index contributed by atoms with van der Waals surface area (Å²) in [6.45, 7) is 6.31. The molecular weight excluding hydrogens is 362 g/mol. The van der Waals surface area contributed by atoms with Crippen molar-refractivity contribution in [3.8, 4) is 5.75 Å². The van der Waals surface area contributed by atoms with E-state index in [-0.39, 0.29) is 6.10 Å². The zero-order valence-corrected chi connectivity index (χ0v) is 16.9. The van der Waals surface area contributed by atoms with Crippen molar-refractivity contribution in [3.05, 3.63) is 60.8 Å². The van der Waals surface area contributed by atoms with E-state index in [0.29, 0.717) is 11.8 Å². The number of nitrogens with one attached hydrogen (secondary N) is 2. The van der Waals surface area contributed by atoms with Crippen LogP contribution in [0.25, 0.3) is 0 Å². The van der Waals surface area contributed by atoms with Crippen LogP contribution in [0.2, 0.25) is 0 Å². The smallest absolute Gasteiger partial charge is 0.229 e. The van der Waals surface area contributed by atoms with Gasteiger partial charge in [0.05, 0.1) is 11.8 Å². The van der Waals surface area contributed by atoms with Crippen molar-refractivity contribution in [1.82, 2.24) is 9.97 Å². The van der Waals surface area contributed by atoms with Crippen molar-refractivity contribution < 1.29 is 4.74 Å². The molecule has 3 aromatic rings. The Bertz CT molecular complexity index is 936. The van der Waals surface area contributed by atoms with Crippen molar-refractivity contribution in [2.75, 3.05) is 28.6 Å². The summed E-state index contributed by atoms with van der Waals surface area (Å²) in [7, 11) is 0. The molecule has 2 heterocycles. The summed E-state index contributed by atoms with van der Waals surface area (Å²) in [5.74, 6) is 2.05. The largest absolute Gasteiger partial charge is 0.489 e. The third kappa shape index (κ3) is 4.96. The molecule has 0 spiro atoms. The molecule has 0 aliphatic carbocycles. The van der Waals surface area contributed by atoms with Gasteiger partial charge in [0.2, 0.25) is 5.95 Å². The van der Waals surface area contributed by atoms with E-state index in [2.05, 4.69) is 49.8 Å². The van der Waals surface area contributed by atoms with Crippen LogP contribution in [0.1, 0.15) is 26.7 Å². The molecule has 1 aliphatic heterocycles. The molecule has 0 bridgehead atoms. The third-order valence-corrected chi connectivity index (χ3v) is 4.76. The van der Waals surface area contributed by atoms with Gasteiger partial charge in [-0.15, -0.1) is 0 Å². The van der Waals surface area contributed by atoms with Crippen molar-refractivity contribution in [2.24, 2.45) is 0 Å². The summed E-state index contributed by atoms with van der Waals surface area (Å²) in [6.07, 6.45) is 4.39. The van der Waals surface area contributed by atoms with E-state index in [1.165, 1.54) is 18.5 Å². The van der Waals surface area contributed by atoms with Gasteiger partial charge in [0.15, 0.2) is 0 Å². The normalized spacial score (nSPS) is 13.6. The molecule has 0 radical (unpaired) electrons. The van der Waals surface area contributed by atoms with E-state index in [1.54, 1.807) is 6.20 Å². The second-order valence-corrected chi connectivity index (χ2v) is 7.42. The first-order valence-electron chi connectivity index (χ1n) is 10.2. The summed E-state index contributed by atoms with van der Waals surface area (Å²) < 4.78 is 5.87. The van der Waals surface area contributed by atoms with E-state index in [1.807, 2.05) is 44.2 Å². The molecule has 0 saturated carbocycles. The number of para-hydroxylation sites is 2. The Morgan fingerprint density at radius 3 is 2.45 bits per heavy atom. The van der Waals surface area contributed by atoms with E-state index in [4.69, 9.17) is 4.74 Å². The van der Waals surface area contributed by atoms with E-state index >= 15 is 0 Å². The van der Waals surface area contributed by atoms with Crippen molar-refractivity contribution in [1.29, 1.82) is 0 Å². The van der Waals surface area contributed by atoms with Crippen LogP contribution in [0.15, 0.2) is 60.8 Å². The molecule has 2 aromatic carbocycles. The highest BCUT2D eigenvalue weighted by atomic mass is 16.5. The lowest BCUT2D eigenvalue weighted by molar-refractivity contribution is 0.244. The summed E-state index contributed by atoms with van der Waals surface area (Å²) in [6, 6.07) is 18.1. The molecule has 4 rings (SSSR count). The minimum atomic E-state index is 0.101. The summed E-state index contributed by atoms with van der Waals surface area (Å²) >= 11 is 0. The molecule has 1 aromatic heterocycles. The number of nitrogens with zero attached hydrogens (tertiary/aromatic N) is 3. The summed E-state index contributed by atoms with van der Waals surface area (Å²) in [5, 5.41) is 6.61. The lowest BCUT2D eigenvalue weighted by Crippen LogP contribution is -2.17. The molecule has 6 nitrogen and oxygen atoms in total. The molecule has 0 atom stereocenters. The molecule has 1 aliphatic rings. The van der Waals surface area contributed by atoms with Gasteiger partial charge in [-0.3, -0.25) is 0 Å². The standard InChI is InChI=1S/C23H27N5O/c1-17(2)29-21-8-4-3-7-20(21)26-22-13-14-24-23(27-22)25-18-9-11-19(12-10-18)28-15-5-6-16-28/h3-4,7-14,17H,5-6,15-16H2,1-2H3,(H2,24,25,26,27). The molecule has 1 fully saturated rings. The Kier molecular flexibility index (Phi) is 5.79. The van der Waals surface area contributed by atoms with E-state index < -0.39 is 0 Å². The average molecular weight is 390 g/mol. The molecule has 1 saturated heterocycles. The Morgan fingerprint density at radius 1 is 0.931 bits per heavy atom. The maximum absolute atomic E-state index is 5.87. The number of hydrogen-bond acceptors (Lipinski definition) is 6. The second-order valence-electron chi connectivity index (χ2n) is 7.42. The summed E-state index contributed by atoms with van der Waals surface area (Å²) in [4.78, 5) is 11.3. The highest BCUT2D eigenvalue weighted by Gasteiger charge is 2.12. The number of rotatable bonds is 7. The Balaban J connectivity index is 1.45. The third-order valence-electron chi connectivity index (χ3n) is 4.76. The fourth-order valence-corrected chi connectivity index (χ4v) is 3.41. The van der Waals surface area contributed by atoms with Gasteiger partial charge in [-0.2, -0.15) is 4.98 Å². The predicted molar refractivity (Wildman–Crippen MR) is 119 cm³/mol. The topological polar surface area (TPSA) is 62.3 Å². The maximum Gasteiger partial charge on any atom is 0.229 e. The molecule has 0 unspecified atom stereocenters. The molecule has 150 valence electrons. The number of anilines is 5. The fourth-order valence-electron chi connectivity index (χ4n) is 3.41. The highest BCUT2D eigenvalue weighted by Crippen LogP contribution is 2.28. The van der Waals surface area contributed by atoms with Gasteiger partial charge in [0.25, 0.3) is 0 Å². The molecule has 6 heteroatoms. The highest BCUT2D eigenvalue weighted by molar-refractivity contribution is 5.65. The van der Waals surface area contributed by atoms with Crippen molar-refractivity contribution >= 4 is 28.8 Å². The molecular formula is C23H27N5O. The second kappa shape index (κ2) is 8.82. The predicted octanol–water partition coefficient (Wildman–Crippen LogP) is 5.35. The zero-order valence-electron chi connectivity index (χ0n) is 16.9. The van der Waals surface area contributed by atoms with Crippen LogP contribution in [-0.4, -0.2) is 29.2 Å². The van der Waals surface area contributed by atoms with Crippen molar-refractivity contribution in [2.45, 2.75) is 32.8 Å². The van der Waals surface area contributed by atoms with Gasteiger partial charge in [-0.1, -0.05) is 12.1 Å². The van der Waals surface area contributed by atoms with E-state index in [0.717, 1.165) is 30.2 Å². The SMILES string of the molecule is CC(C)Oc1ccccc1Nc1ccnc(Nc2ccc(N3CCCC3)cc2)n1. The Morgan fingerprint density at radius 2 is 1.69 bits per heavy atom. The lowest BCUT2D eigenvalue weighted by atomic mass is 10.2. The van der Waals surface area contributed by atoms with Gasteiger partial charge < -0.3 is 20.3 Å². The van der Waals surface area contributed by atoms with Crippen LogP contribution in [0.5, 0.6) is 5.75 Å². The van der Waals surface area contributed by atoms with Crippen LogP contribution >= 0.6 is 0 Å². The van der Waals surface area contributed by atoms with Crippen LogP contribution in [-0.2, 0) is 0 Å². The zero-order chi connectivity index (χ0) is 20.1. The van der Waals surface area contributed by atoms with E-state index in [9.17, 15) is 0 Å². The van der Waals surface area contributed by atoms with Crippen LogP contribution in [0, 0.1) is 0 Å². The van der Waals surface area contributed by atoms with Gasteiger partial charge in [-0.05, 0) is 69.2 Å². The van der Waals surface area contributed by atoms with Gasteiger partial charge in [0.1, 0.15) is 11.6 Å². The number of ether oxygens (including phenoxy) is 1.